The van der Waals surface area contributed by atoms with E-state index < -0.39 is 15.6 Å². The molecule has 1 saturated heterocycles. The van der Waals surface area contributed by atoms with Gasteiger partial charge in [0.2, 0.25) is 5.91 Å². The zero-order valence-corrected chi connectivity index (χ0v) is 15.8. The van der Waals surface area contributed by atoms with Crippen LogP contribution in [-0.4, -0.2) is 55.2 Å². The Kier molecular flexibility index (Phi) is 5.22. The standard InChI is InChI=1S/C15H22ClN3O3S2/c16-12-4-5-13(23-12)24(21,22)19-9-3-8-18(10-11-19)14(20)15(17)6-1-2-7-15/h4-5H,1-3,6-11,17H2. The highest BCUT2D eigenvalue weighted by Crippen LogP contribution is 2.31. The van der Waals surface area contributed by atoms with E-state index in [1.807, 2.05) is 0 Å². The maximum atomic E-state index is 12.7. The topological polar surface area (TPSA) is 83.7 Å². The van der Waals surface area contributed by atoms with Gasteiger partial charge in [-0.15, -0.1) is 11.3 Å². The van der Waals surface area contributed by atoms with Gasteiger partial charge in [-0.2, -0.15) is 4.31 Å². The zero-order chi connectivity index (χ0) is 17.4. The van der Waals surface area contributed by atoms with Crippen LogP contribution in [0.15, 0.2) is 16.3 Å². The maximum Gasteiger partial charge on any atom is 0.252 e. The molecule has 1 aliphatic carbocycles. The summed E-state index contributed by atoms with van der Waals surface area (Å²) in [5, 5.41) is 0. The number of nitrogens with two attached hydrogens (primary N) is 1. The maximum absolute atomic E-state index is 12.7. The number of amides is 1. The molecule has 0 bridgehead atoms. The summed E-state index contributed by atoms with van der Waals surface area (Å²) in [6.45, 7) is 1.63. The minimum atomic E-state index is -3.55. The number of halogens is 1. The number of hydrogen-bond acceptors (Lipinski definition) is 5. The molecular formula is C15H22ClN3O3S2. The van der Waals surface area contributed by atoms with Crippen LogP contribution in [0.2, 0.25) is 4.34 Å². The van der Waals surface area contributed by atoms with Crippen LogP contribution >= 0.6 is 22.9 Å². The summed E-state index contributed by atoms with van der Waals surface area (Å²) in [7, 11) is -3.55. The molecule has 0 spiro atoms. The summed E-state index contributed by atoms with van der Waals surface area (Å²) >= 11 is 6.92. The monoisotopic (exact) mass is 391 g/mol. The van der Waals surface area contributed by atoms with Gasteiger partial charge in [0.05, 0.1) is 9.88 Å². The van der Waals surface area contributed by atoms with Gasteiger partial charge in [-0.05, 0) is 31.4 Å². The van der Waals surface area contributed by atoms with Crippen LogP contribution in [0.4, 0.5) is 0 Å². The number of carbonyl (C=O) groups is 1. The molecule has 2 aliphatic rings. The number of thiophene rings is 1. The highest BCUT2D eigenvalue weighted by molar-refractivity contribution is 7.91. The van der Waals surface area contributed by atoms with Crippen LogP contribution < -0.4 is 5.73 Å². The molecule has 0 unspecified atom stereocenters. The fraction of sp³-hybridized carbons (Fsp3) is 0.667. The summed E-state index contributed by atoms with van der Waals surface area (Å²) in [5.74, 6) is -0.0292. The predicted molar refractivity (Wildman–Crippen MR) is 94.7 cm³/mol. The van der Waals surface area contributed by atoms with Crippen molar-refractivity contribution in [3.63, 3.8) is 0 Å². The van der Waals surface area contributed by atoms with E-state index >= 15 is 0 Å². The molecule has 1 aromatic rings. The van der Waals surface area contributed by atoms with Crippen molar-refractivity contribution in [2.45, 2.75) is 41.9 Å². The molecule has 9 heteroatoms. The Morgan fingerprint density at radius 1 is 1.12 bits per heavy atom. The largest absolute Gasteiger partial charge is 0.340 e. The summed E-state index contributed by atoms with van der Waals surface area (Å²) in [5.41, 5.74) is 5.51. The predicted octanol–water partition coefficient (Wildman–Crippen LogP) is 1.90. The van der Waals surface area contributed by atoms with Crippen LogP contribution in [-0.2, 0) is 14.8 Å². The molecule has 0 atom stereocenters. The molecule has 2 heterocycles. The minimum Gasteiger partial charge on any atom is -0.340 e. The highest BCUT2D eigenvalue weighted by atomic mass is 35.5. The molecule has 2 fully saturated rings. The second-order valence-corrected chi connectivity index (χ2v) is 10.4. The van der Waals surface area contributed by atoms with Gasteiger partial charge >= 0.3 is 0 Å². The second kappa shape index (κ2) is 6.92. The lowest BCUT2D eigenvalue weighted by atomic mass is 9.97. The van der Waals surface area contributed by atoms with E-state index in [1.54, 1.807) is 11.0 Å². The van der Waals surface area contributed by atoms with E-state index in [0.717, 1.165) is 37.0 Å². The third-order valence-corrected chi connectivity index (χ3v) is 8.40. The summed E-state index contributed by atoms with van der Waals surface area (Å²) in [4.78, 5) is 14.5. The molecule has 24 heavy (non-hydrogen) atoms. The third-order valence-electron chi connectivity index (χ3n) is 4.81. The lowest BCUT2D eigenvalue weighted by Crippen LogP contribution is -2.54. The average molecular weight is 392 g/mol. The Bertz CT molecular complexity index is 713. The zero-order valence-electron chi connectivity index (χ0n) is 13.4. The molecule has 134 valence electrons. The number of carbonyl (C=O) groups excluding carboxylic acids is 1. The molecule has 3 rings (SSSR count). The van der Waals surface area contributed by atoms with Gasteiger partial charge in [-0.3, -0.25) is 4.79 Å². The van der Waals surface area contributed by atoms with Crippen LogP contribution in [0.1, 0.15) is 32.1 Å². The molecule has 0 radical (unpaired) electrons. The van der Waals surface area contributed by atoms with Gasteiger partial charge < -0.3 is 10.6 Å². The number of hydrogen-bond donors (Lipinski definition) is 1. The second-order valence-electron chi connectivity index (χ2n) is 6.47. The molecule has 1 saturated carbocycles. The highest BCUT2D eigenvalue weighted by Gasteiger charge is 2.40. The van der Waals surface area contributed by atoms with Crippen molar-refractivity contribution in [3.05, 3.63) is 16.5 Å². The van der Waals surface area contributed by atoms with E-state index in [1.165, 1.54) is 10.4 Å². The number of nitrogens with zero attached hydrogens (tertiary/aromatic N) is 2. The smallest absolute Gasteiger partial charge is 0.252 e. The van der Waals surface area contributed by atoms with E-state index in [-0.39, 0.29) is 10.1 Å². The fourth-order valence-electron chi connectivity index (χ4n) is 3.44. The van der Waals surface area contributed by atoms with E-state index in [9.17, 15) is 13.2 Å². The first-order chi connectivity index (χ1) is 11.3. The first-order valence-electron chi connectivity index (χ1n) is 8.17. The van der Waals surface area contributed by atoms with Crippen molar-refractivity contribution in [1.29, 1.82) is 0 Å². The van der Waals surface area contributed by atoms with Gasteiger partial charge in [-0.1, -0.05) is 24.4 Å². The van der Waals surface area contributed by atoms with Crippen molar-refractivity contribution in [3.8, 4) is 0 Å². The first-order valence-corrected chi connectivity index (χ1v) is 10.8. The van der Waals surface area contributed by atoms with Crippen molar-refractivity contribution in [2.24, 2.45) is 5.73 Å². The third kappa shape index (κ3) is 3.48. The van der Waals surface area contributed by atoms with Gasteiger partial charge in [0, 0.05) is 26.2 Å². The van der Waals surface area contributed by atoms with Crippen LogP contribution in [0.25, 0.3) is 0 Å². The lowest BCUT2D eigenvalue weighted by Gasteiger charge is -2.30. The number of rotatable bonds is 3. The Morgan fingerprint density at radius 2 is 1.83 bits per heavy atom. The van der Waals surface area contributed by atoms with Crippen LogP contribution in [0.3, 0.4) is 0 Å². The Labute approximate surface area is 151 Å². The summed E-state index contributed by atoms with van der Waals surface area (Å²) < 4.78 is 27.5. The Morgan fingerprint density at radius 3 is 2.46 bits per heavy atom. The van der Waals surface area contributed by atoms with Gasteiger partial charge in [0.25, 0.3) is 10.0 Å². The Balaban J connectivity index is 1.70. The molecule has 6 nitrogen and oxygen atoms in total. The molecule has 1 aliphatic heterocycles. The molecule has 0 aromatic carbocycles. The van der Waals surface area contributed by atoms with Gasteiger partial charge in [0.15, 0.2) is 0 Å². The normalized spacial score (nSPS) is 22.5. The molecule has 1 aromatic heterocycles. The molecule has 1 amide bonds. The Hall–Kier alpha value is -0.670. The van der Waals surface area contributed by atoms with Crippen molar-refractivity contribution < 1.29 is 13.2 Å². The number of sulfonamides is 1. The van der Waals surface area contributed by atoms with E-state index in [2.05, 4.69) is 0 Å². The lowest BCUT2D eigenvalue weighted by molar-refractivity contribution is -0.136. The van der Waals surface area contributed by atoms with Gasteiger partial charge in [0.1, 0.15) is 4.21 Å². The van der Waals surface area contributed by atoms with E-state index in [0.29, 0.717) is 36.9 Å². The quantitative estimate of drug-likeness (QED) is 0.852. The van der Waals surface area contributed by atoms with E-state index in [4.69, 9.17) is 17.3 Å². The first kappa shape index (κ1) is 18.1. The fourth-order valence-corrected chi connectivity index (χ4v) is 6.54. The minimum absolute atomic E-state index is 0.0292. The average Bonchev–Trinajstić information content (AvgIpc) is 3.09. The van der Waals surface area contributed by atoms with Crippen molar-refractivity contribution in [1.82, 2.24) is 9.21 Å². The molecular weight excluding hydrogens is 370 g/mol. The summed E-state index contributed by atoms with van der Waals surface area (Å²) in [6.07, 6.45) is 4.02. The van der Waals surface area contributed by atoms with Gasteiger partial charge in [-0.25, -0.2) is 8.42 Å². The van der Waals surface area contributed by atoms with Crippen LogP contribution in [0, 0.1) is 0 Å². The van der Waals surface area contributed by atoms with Crippen LogP contribution in [0.5, 0.6) is 0 Å². The SMILES string of the molecule is NC1(C(=O)N2CCCN(S(=O)(=O)c3ccc(Cl)s3)CC2)CCCC1. The van der Waals surface area contributed by atoms with Crippen molar-refractivity contribution >= 4 is 38.9 Å². The summed E-state index contributed by atoms with van der Waals surface area (Å²) in [6, 6.07) is 3.12. The molecule has 2 N–H and O–H groups in total. The van der Waals surface area contributed by atoms with Crippen molar-refractivity contribution in [2.75, 3.05) is 26.2 Å².